The molecule has 1 aromatic rings. The number of piperidine rings is 1. The summed E-state index contributed by atoms with van der Waals surface area (Å²) in [4.78, 5) is 2.25. The van der Waals surface area contributed by atoms with E-state index in [1.54, 1.807) is 0 Å². The van der Waals surface area contributed by atoms with Crippen molar-refractivity contribution in [3.8, 4) is 0 Å². The third-order valence-corrected chi connectivity index (χ3v) is 3.09. The van der Waals surface area contributed by atoms with Gasteiger partial charge >= 0.3 is 0 Å². The highest BCUT2D eigenvalue weighted by Gasteiger charge is 2.17. The summed E-state index contributed by atoms with van der Waals surface area (Å²) in [6.07, 6.45) is 2.32. The maximum Gasteiger partial charge on any atom is 0.123 e. The summed E-state index contributed by atoms with van der Waals surface area (Å²) in [5.41, 5.74) is 1.10. The minimum atomic E-state index is -0.169. The number of hydrogen-bond donors (Lipinski definition) is 1. The number of nitrogens with zero attached hydrogens (tertiary/aromatic N) is 1. The molecule has 1 aliphatic heterocycles. The largest absolute Gasteiger partial charge is 0.372 e. The Hall–Kier alpha value is -1.09. The molecule has 82 valence electrons. The Balaban J connectivity index is 2.05. The molecule has 2 nitrogen and oxygen atoms in total. The highest BCUT2D eigenvalue weighted by Crippen LogP contribution is 2.19. The van der Waals surface area contributed by atoms with E-state index in [2.05, 4.69) is 17.3 Å². The quantitative estimate of drug-likeness (QED) is 0.800. The first-order valence-electron chi connectivity index (χ1n) is 5.46. The molecule has 0 atom stereocenters. The molecular formula is C12H17FN2. The smallest absolute Gasteiger partial charge is 0.123 e. The summed E-state index contributed by atoms with van der Waals surface area (Å²) in [6.45, 7) is 2.16. The number of halogens is 1. The molecule has 0 spiro atoms. The molecule has 2 rings (SSSR count). The molecule has 1 aliphatic rings. The number of rotatable bonds is 2. The number of benzene rings is 1. The molecule has 0 amide bonds. The van der Waals surface area contributed by atoms with Crippen LogP contribution in [-0.2, 0) is 0 Å². The van der Waals surface area contributed by atoms with Gasteiger partial charge in [-0.2, -0.15) is 0 Å². The Morgan fingerprint density at radius 3 is 2.40 bits per heavy atom. The SMILES string of the molecule is CN(c1ccc(F)cc1)C1CCNCC1. The number of hydrogen-bond acceptors (Lipinski definition) is 2. The van der Waals surface area contributed by atoms with Gasteiger partial charge in [0.1, 0.15) is 5.82 Å². The fourth-order valence-electron chi connectivity index (χ4n) is 2.08. The van der Waals surface area contributed by atoms with Crippen LogP contribution < -0.4 is 10.2 Å². The molecule has 0 saturated carbocycles. The average Bonchev–Trinajstić information content (AvgIpc) is 2.30. The molecule has 1 saturated heterocycles. The highest BCUT2D eigenvalue weighted by atomic mass is 19.1. The van der Waals surface area contributed by atoms with E-state index in [0.717, 1.165) is 31.6 Å². The molecule has 1 N–H and O–H groups in total. The maximum atomic E-state index is 12.8. The van der Waals surface area contributed by atoms with E-state index in [1.807, 2.05) is 12.1 Å². The van der Waals surface area contributed by atoms with Crippen molar-refractivity contribution in [3.63, 3.8) is 0 Å². The molecular weight excluding hydrogens is 191 g/mol. The monoisotopic (exact) mass is 208 g/mol. The maximum absolute atomic E-state index is 12.8. The predicted molar refractivity (Wildman–Crippen MR) is 60.7 cm³/mol. The Kier molecular flexibility index (Phi) is 3.21. The van der Waals surface area contributed by atoms with Crippen LogP contribution >= 0.6 is 0 Å². The third kappa shape index (κ3) is 2.48. The normalized spacial score (nSPS) is 17.7. The van der Waals surface area contributed by atoms with Crippen molar-refractivity contribution >= 4 is 5.69 Å². The first-order chi connectivity index (χ1) is 7.27. The zero-order valence-electron chi connectivity index (χ0n) is 9.04. The standard InChI is InChI=1S/C12H17FN2/c1-15(12-6-8-14-9-7-12)11-4-2-10(13)3-5-11/h2-5,12,14H,6-9H2,1H3. The minimum Gasteiger partial charge on any atom is -0.372 e. The van der Waals surface area contributed by atoms with E-state index >= 15 is 0 Å². The van der Waals surface area contributed by atoms with Crippen molar-refractivity contribution in [2.45, 2.75) is 18.9 Å². The van der Waals surface area contributed by atoms with E-state index < -0.39 is 0 Å². The molecule has 3 heteroatoms. The third-order valence-electron chi connectivity index (χ3n) is 3.09. The van der Waals surface area contributed by atoms with E-state index in [0.29, 0.717) is 6.04 Å². The molecule has 0 bridgehead atoms. The van der Waals surface area contributed by atoms with Gasteiger partial charge in [0.25, 0.3) is 0 Å². The van der Waals surface area contributed by atoms with Crippen LogP contribution in [0, 0.1) is 5.82 Å². The zero-order chi connectivity index (χ0) is 10.7. The lowest BCUT2D eigenvalue weighted by Crippen LogP contribution is -2.41. The lowest BCUT2D eigenvalue weighted by atomic mass is 10.0. The molecule has 0 aromatic heterocycles. The Bertz CT molecular complexity index is 304. The summed E-state index contributed by atoms with van der Waals surface area (Å²) in [6, 6.07) is 7.31. The fraction of sp³-hybridized carbons (Fsp3) is 0.500. The van der Waals surface area contributed by atoms with Crippen molar-refractivity contribution in [2.75, 3.05) is 25.0 Å². The molecule has 0 aliphatic carbocycles. The van der Waals surface area contributed by atoms with Crippen molar-refractivity contribution < 1.29 is 4.39 Å². The van der Waals surface area contributed by atoms with Gasteiger partial charge in [-0.25, -0.2) is 4.39 Å². The first-order valence-corrected chi connectivity index (χ1v) is 5.46. The molecule has 15 heavy (non-hydrogen) atoms. The van der Waals surface area contributed by atoms with Crippen LogP contribution in [0.1, 0.15) is 12.8 Å². The Morgan fingerprint density at radius 2 is 1.80 bits per heavy atom. The van der Waals surface area contributed by atoms with E-state index in [1.165, 1.54) is 12.1 Å². The van der Waals surface area contributed by atoms with Crippen molar-refractivity contribution in [1.82, 2.24) is 5.32 Å². The summed E-state index contributed by atoms with van der Waals surface area (Å²) >= 11 is 0. The van der Waals surface area contributed by atoms with Crippen LogP contribution in [0.15, 0.2) is 24.3 Å². The average molecular weight is 208 g/mol. The van der Waals surface area contributed by atoms with Gasteiger partial charge in [-0.1, -0.05) is 0 Å². The second-order valence-corrected chi connectivity index (χ2v) is 4.07. The van der Waals surface area contributed by atoms with Crippen LogP contribution in [0.4, 0.5) is 10.1 Å². The molecule has 0 radical (unpaired) electrons. The molecule has 1 heterocycles. The van der Waals surface area contributed by atoms with E-state index in [4.69, 9.17) is 0 Å². The van der Waals surface area contributed by atoms with E-state index in [-0.39, 0.29) is 5.82 Å². The zero-order valence-corrected chi connectivity index (χ0v) is 9.04. The van der Waals surface area contributed by atoms with Crippen LogP contribution in [0.25, 0.3) is 0 Å². The Morgan fingerprint density at radius 1 is 1.20 bits per heavy atom. The van der Waals surface area contributed by atoms with Crippen molar-refractivity contribution in [2.24, 2.45) is 0 Å². The van der Waals surface area contributed by atoms with Crippen LogP contribution in [0.5, 0.6) is 0 Å². The van der Waals surface area contributed by atoms with Gasteiger partial charge in [-0.15, -0.1) is 0 Å². The van der Waals surface area contributed by atoms with Crippen LogP contribution in [0.2, 0.25) is 0 Å². The second kappa shape index (κ2) is 4.62. The van der Waals surface area contributed by atoms with Gasteiger partial charge in [0.15, 0.2) is 0 Å². The topological polar surface area (TPSA) is 15.3 Å². The lowest BCUT2D eigenvalue weighted by Gasteiger charge is -2.33. The number of nitrogens with one attached hydrogen (secondary N) is 1. The predicted octanol–water partition coefficient (Wildman–Crippen LogP) is 2.01. The van der Waals surface area contributed by atoms with Crippen LogP contribution in [-0.4, -0.2) is 26.2 Å². The second-order valence-electron chi connectivity index (χ2n) is 4.07. The van der Waals surface area contributed by atoms with Crippen LogP contribution in [0.3, 0.4) is 0 Å². The first kappa shape index (κ1) is 10.4. The van der Waals surface area contributed by atoms with Crippen molar-refractivity contribution in [1.29, 1.82) is 0 Å². The van der Waals surface area contributed by atoms with Gasteiger partial charge < -0.3 is 10.2 Å². The minimum absolute atomic E-state index is 0.169. The summed E-state index contributed by atoms with van der Waals surface area (Å²) < 4.78 is 12.8. The van der Waals surface area contributed by atoms with Gasteiger partial charge in [0.2, 0.25) is 0 Å². The van der Waals surface area contributed by atoms with Gasteiger partial charge in [-0.05, 0) is 50.2 Å². The van der Waals surface area contributed by atoms with Gasteiger partial charge in [-0.3, -0.25) is 0 Å². The highest BCUT2D eigenvalue weighted by molar-refractivity contribution is 5.46. The summed E-state index contributed by atoms with van der Waals surface area (Å²) in [7, 11) is 2.09. The van der Waals surface area contributed by atoms with E-state index in [9.17, 15) is 4.39 Å². The lowest BCUT2D eigenvalue weighted by molar-refractivity contribution is 0.443. The molecule has 1 aromatic carbocycles. The molecule has 0 unspecified atom stereocenters. The fourth-order valence-corrected chi connectivity index (χ4v) is 2.08. The number of anilines is 1. The van der Waals surface area contributed by atoms with Gasteiger partial charge in [0.05, 0.1) is 0 Å². The summed E-state index contributed by atoms with van der Waals surface area (Å²) in [5.74, 6) is -0.169. The Labute approximate surface area is 90.1 Å². The van der Waals surface area contributed by atoms with Gasteiger partial charge in [0, 0.05) is 18.8 Å². The van der Waals surface area contributed by atoms with Crippen molar-refractivity contribution in [3.05, 3.63) is 30.1 Å². The molecule has 1 fully saturated rings. The summed E-state index contributed by atoms with van der Waals surface area (Å²) in [5, 5.41) is 3.34.